The van der Waals surface area contributed by atoms with Gasteiger partial charge in [0.15, 0.2) is 0 Å². The van der Waals surface area contributed by atoms with Crippen molar-refractivity contribution in [3.63, 3.8) is 0 Å². The summed E-state index contributed by atoms with van der Waals surface area (Å²) in [5.41, 5.74) is 1.34. The lowest BCUT2D eigenvalue weighted by Gasteiger charge is -2.19. The van der Waals surface area contributed by atoms with Crippen LogP contribution >= 0.6 is 0 Å². The summed E-state index contributed by atoms with van der Waals surface area (Å²) in [6, 6.07) is 10.7. The highest BCUT2D eigenvalue weighted by molar-refractivity contribution is 6.16. The Labute approximate surface area is 122 Å². The number of carbonyl (C=O) groups is 1. The van der Waals surface area contributed by atoms with E-state index in [9.17, 15) is 9.90 Å². The summed E-state index contributed by atoms with van der Waals surface area (Å²) >= 11 is 0. The molecule has 0 fully saturated rings. The zero-order valence-corrected chi connectivity index (χ0v) is 12.2. The molecule has 108 valence electrons. The average molecular weight is 283 g/mol. The van der Waals surface area contributed by atoms with Crippen molar-refractivity contribution >= 4 is 27.8 Å². The molecule has 0 spiro atoms. The minimum atomic E-state index is -0.562. The maximum Gasteiger partial charge on any atom is 0.340 e. The van der Waals surface area contributed by atoms with Crippen molar-refractivity contribution in [1.82, 2.24) is 4.98 Å². The summed E-state index contributed by atoms with van der Waals surface area (Å²) in [5.74, 6) is -0.256. The number of H-pyrrole nitrogens is 1. The Hall–Kier alpha value is -2.49. The van der Waals surface area contributed by atoms with E-state index in [0.29, 0.717) is 16.5 Å². The molecule has 1 aromatic heterocycles. The quantitative estimate of drug-likeness (QED) is 0.664. The lowest BCUT2D eigenvalue weighted by atomic mass is 10.1. The van der Waals surface area contributed by atoms with Crippen molar-refractivity contribution in [3.05, 3.63) is 42.0 Å². The van der Waals surface area contributed by atoms with Crippen LogP contribution in [0.15, 0.2) is 36.4 Å². The predicted molar refractivity (Wildman–Crippen MR) is 82.6 cm³/mol. The van der Waals surface area contributed by atoms with E-state index < -0.39 is 11.6 Å². The second-order valence-corrected chi connectivity index (χ2v) is 6.05. The molecule has 2 N–H and O–H groups in total. The van der Waals surface area contributed by atoms with Crippen LogP contribution in [0.25, 0.3) is 21.8 Å². The van der Waals surface area contributed by atoms with Gasteiger partial charge in [-0.2, -0.15) is 0 Å². The lowest BCUT2D eigenvalue weighted by molar-refractivity contribution is 0.00717. The van der Waals surface area contributed by atoms with Crippen LogP contribution in [0.2, 0.25) is 0 Å². The number of esters is 1. The zero-order chi connectivity index (χ0) is 15.2. The summed E-state index contributed by atoms with van der Waals surface area (Å²) in [4.78, 5) is 15.5. The maximum atomic E-state index is 12.3. The van der Waals surface area contributed by atoms with Gasteiger partial charge < -0.3 is 14.8 Å². The Morgan fingerprint density at radius 1 is 1.14 bits per heavy atom. The summed E-state index contributed by atoms with van der Waals surface area (Å²) in [5, 5.41) is 11.7. The molecule has 4 heteroatoms. The number of aromatic nitrogens is 1. The van der Waals surface area contributed by atoms with Gasteiger partial charge in [0, 0.05) is 16.3 Å². The van der Waals surface area contributed by atoms with Crippen molar-refractivity contribution in [1.29, 1.82) is 0 Å². The van der Waals surface area contributed by atoms with E-state index in [1.807, 2.05) is 45.0 Å². The molecule has 3 aromatic rings. The fraction of sp³-hybridized carbons (Fsp3) is 0.235. The summed E-state index contributed by atoms with van der Waals surface area (Å²) < 4.78 is 5.43. The van der Waals surface area contributed by atoms with E-state index in [2.05, 4.69) is 4.98 Å². The second-order valence-electron chi connectivity index (χ2n) is 6.05. The molecule has 0 saturated heterocycles. The van der Waals surface area contributed by atoms with Gasteiger partial charge in [-0.3, -0.25) is 0 Å². The number of rotatable bonds is 1. The van der Waals surface area contributed by atoms with E-state index in [4.69, 9.17) is 4.74 Å². The van der Waals surface area contributed by atoms with Gasteiger partial charge in [0.05, 0.1) is 11.1 Å². The number of hydrogen-bond acceptors (Lipinski definition) is 3. The van der Waals surface area contributed by atoms with Crippen molar-refractivity contribution in [3.8, 4) is 5.75 Å². The highest BCUT2D eigenvalue weighted by Gasteiger charge is 2.22. The average Bonchev–Trinajstić information content (AvgIpc) is 2.76. The molecule has 0 aliphatic rings. The molecule has 0 unspecified atom stereocenters. The summed E-state index contributed by atoms with van der Waals surface area (Å²) in [7, 11) is 0. The first-order valence-electron chi connectivity index (χ1n) is 6.82. The number of aromatic hydroxyl groups is 1. The number of fused-ring (bicyclic) bond motifs is 3. The first-order chi connectivity index (χ1) is 9.87. The van der Waals surface area contributed by atoms with Crippen molar-refractivity contribution in [2.45, 2.75) is 26.4 Å². The molecule has 1 heterocycles. The van der Waals surface area contributed by atoms with Crippen LogP contribution in [-0.2, 0) is 4.74 Å². The van der Waals surface area contributed by atoms with Gasteiger partial charge in [-0.05, 0) is 39.0 Å². The number of aromatic amines is 1. The number of ether oxygens (including phenoxy) is 1. The minimum Gasteiger partial charge on any atom is -0.507 e. The number of phenolic OH excluding ortho intramolecular Hbond substituents is 1. The first-order valence-corrected chi connectivity index (χ1v) is 6.82. The Kier molecular flexibility index (Phi) is 2.90. The van der Waals surface area contributed by atoms with Gasteiger partial charge in [0.25, 0.3) is 0 Å². The van der Waals surface area contributed by atoms with E-state index in [1.165, 1.54) is 6.07 Å². The number of carbonyl (C=O) groups excluding carboxylic acids is 1. The molecule has 0 amide bonds. The molecule has 0 saturated carbocycles. The third-order valence-corrected chi connectivity index (χ3v) is 3.26. The number of nitrogens with one attached hydrogen (secondary N) is 1. The third-order valence-electron chi connectivity index (χ3n) is 3.26. The molecule has 21 heavy (non-hydrogen) atoms. The van der Waals surface area contributed by atoms with Gasteiger partial charge in [0.1, 0.15) is 11.4 Å². The fourth-order valence-corrected chi connectivity index (χ4v) is 2.44. The number of benzene rings is 2. The van der Waals surface area contributed by atoms with Crippen LogP contribution in [0.4, 0.5) is 0 Å². The van der Waals surface area contributed by atoms with Gasteiger partial charge in [-0.1, -0.05) is 18.2 Å². The van der Waals surface area contributed by atoms with Crippen molar-refractivity contribution < 1.29 is 14.6 Å². The van der Waals surface area contributed by atoms with Crippen LogP contribution in [-0.4, -0.2) is 21.7 Å². The highest BCUT2D eigenvalue weighted by Crippen LogP contribution is 2.34. The van der Waals surface area contributed by atoms with Crippen molar-refractivity contribution in [2.24, 2.45) is 0 Å². The zero-order valence-electron chi connectivity index (χ0n) is 12.2. The predicted octanol–water partition coefficient (Wildman–Crippen LogP) is 3.98. The molecular formula is C17H17NO3. The molecule has 4 nitrogen and oxygen atoms in total. The minimum absolute atomic E-state index is 0.148. The smallest absolute Gasteiger partial charge is 0.340 e. The van der Waals surface area contributed by atoms with Crippen LogP contribution in [0.3, 0.4) is 0 Å². The Morgan fingerprint density at radius 3 is 2.57 bits per heavy atom. The topological polar surface area (TPSA) is 62.3 Å². The monoisotopic (exact) mass is 283 g/mol. The van der Waals surface area contributed by atoms with E-state index >= 15 is 0 Å². The fourth-order valence-electron chi connectivity index (χ4n) is 2.44. The van der Waals surface area contributed by atoms with Crippen LogP contribution < -0.4 is 0 Å². The molecule has 0 aliphatic carbocycles. The molecule has 0 aliphatic heterocycles. The molecule has 3 rings (SSSR count). The Morgan fingerprint density at radius 2 is 1.86 bits per heavy atom. The molecule has 0 atom stereocenters. The molecule has 2 aromatic carbocycles. The Balaban J connectivity index is 2.25. The number of para-hydroxylation sites is 1. The van der Waals surface area contributed by atoms with Crippen LogP contribution in [0.1, 0.15) is 31.1 Å². The third kappa shape index (κ3) is 2.33. The number of hydrogen-bond donors (Lipinski definition) is 2. The summed E-state index contributed by atoms with van der Waals surface area (Å²) in [6.45, 7) is 5.48. The van der Waals surface area contributed by atoms with Gasteiger partial charge >= 0.3 is 5.97 Å². The summed E-state index contributed by atoms with van der Waals surface area (Å²) in [6.07, 6.45) is 0. The van der Waals surface area contributed by atoms with E-state index in [-0.39, 0.29) is 5.75 Å². The second kappa shape index (κ2) is 4.52. The standard InChI is InChI=1S/C17H17NO3/c1-17(2,3)21-16(20)11-8-9-13(19)14-10-6-4-5-7-12(10)18-15(11)14/h4-9,18-19H,1-3H3. The normalized spacial score (nSPS) is 12.0. The highest BCUT2D eigenvalue weighted by atomic mass is 16.6. The van der Waals surface area contributed by atoms with Gasteiger partial charge in [-0.25, -0.2) is 4.79 Å². The van der Waals surface area contributed by atoms with Gasteiger partial charge in [0.2, 0.25) is 0 Å². The van der Waals surface area contributed by atoms with E-state index in [1.54, 1.807) is 6.07 Å². The number of phenols is 1. The molecule has 0 bridgehead atoms. The first kappa shape index (κ1) is 13.5. The molecule has 0 radical (unpaired) electrons. The van der Waals surface area contributed by atoms with Crippen molar-refractivity contribution in [2.75, 3.05) is 0 Å². The lowest BCUT2D eigenvalue weighted by Crippen LogP contribution is -2.24. The SMILES string of the molecule is CC(C)(C)OC(=O)c1ccc(O)c2c1[nH]c1ccccc12. The van der Waals surface area contributed by atoms with Gasteiger partial charge in [-0.15, -0.1) is 0 Å². The largest absolute Gasteiger partial charge is 0.507 e. The van der Waals surface area contributed by atoms with Crippen LogP contribution in [0, 0.1) is 0 Å². The van der Waals surface area contributed by atoms with Crippen LogP contribution in [0.5, 0.6) is 5.75 Å². The van der Waals surface area contributed by atoms with E-state index in [0.717, 1.165) is 10.9 Å². The Bertz CT molecular complexity index is 840. The molecular weight excluding hydrogens is 266 g/mol. The maximum absolute atomic E-state index is 12.3.